The van der Waals surface area contributed by atoms with Gasteiger partial charge in [-0.05, 0) is 17.7 Å². The molecule has 8 nitrogen and oxygen atoms in total. The Kier molecular flexibility index (Phi) is 6.51. The number of likely N-dealkylation sites (N-methyl/N-ethyl adjacent to an activating group) is 1. The summed E-state index contributed by atoms with van der Waals surface area (Å²) in [5, 5.41) is 2.33. The smallest absolute Gasteiger partial charge is 0.323 e. The molecule has 0 aliphatic rings. The van der Waals surface area contributed by atoms with E-state index in [2.05, 4.69) is 9.68 Å². The lowest BCUT2D eigenvalue weighted by atomic mass is 9.98. The highest BCUT2D eigenvalue weighted by atomic mass is 32.2. The van der Waals surface area contributed by atoms with Gasteiger partial charge in [-0.15, -0.1) is 0 Å². The van der Waals surface area contributed by atoms with Crippen LogP contribution in [-0.2, 0) is 15.3 Å². The van der Waals surface area contributed by atoms with Gasteiger partial charge in [-0.25, -0.2) is 4.79 Å². The minimum atomic E-state index is -2.63. The predicted octanol–water partition coefficient (Wildman–Crippen LogP) is 0.639. The van der Waals surface area contributed by atoms with E-state index < -0.39 is 28.4 Å². The summed E-state index contributed by atoms with van der Waals surface area (Å²) in [4.78, 5) is 24.8. The highest BCUT2D eigenvalue weighted by molar-refractivity contribution is 7.61. The number of hydrogen-bond donors (Lipinski definition) is 1. The molecular weight excluding hydrogens is 310 g/mol. The molecule has 22 heavy (non-hydrogen) atoms. The van der Waals surface area contributed by atoms with Crippen LogP contribution in [0.1, 0.15) is 11.5 Å². The molecule has 0 spiro atoms. The molecule has 9 heteroatoms. The van der Waals surface area contributed by atoms with Crippen LogP contribution in [0.3, 0.4) is 0 Å². The molecule has 0 aliphatic carbocycles. The summed E-state index contributed by atoms with van der Waals surface area (Å²) in [5.74, 6) is -0.844. The molecule has 1 N–H and O–H groups in total. The van der Waals surface area contributed by atoms with Crippen molar-refractivity contribution >= 4 is 22.4 Å². The van der Waals surface area contributed by atoms with E-state index in [9.17, 15) is 18.0 Å². The fourth-order valence-corrected chi connectivity index (χ4v) is 2.07. The van der Waals surface area contributed by atoms with Crippen LogP contribution in [0.4, 0.5) is 4.79 Å². The molecule has 3 amide bonds. The Hall–Kier alpha value is -2.42. The largest absolute Gasteiger partial charge is 0.497 e. The molecule has 120 valence electrons. The van der Waals surface area contributed by atoms with Gasteiger partial charge in [-0.3, -0.25) is 9.69 Å². The average Bonchev–Trinajstić information content (AvgIpc) is 2.53. The number of urea groups is 1. The predicted molar refractivity (Wildman–Crippen MR) is 79.2 cm³/mol. The van der Waals surface area contributed by atoms with Crippen molar-refractivity contribution < 1.29 is 22.7 Å². The van der Waals surface area contributed by atoms with E-state index in [4.69, 9.17) is 4.74 Å². The van der Waals surface area contributed by atoms with Gasteiger partial charge in [-0.1, -0.05) is 12.1 Å². The second-order valence-electron chi connectivity index (χ2n) is 4.31. The number of rotatable bonds is 5. The van der Waals surface area contributed by atoms with Crippen molar-refractivity contribution in [3.8, 4) is 5.75 Å². The highest BCUT2D eigenvalue weighted by Crippen LogP contribution is 2.22. The van der Waals surface area contributed by atoms with Crippen molar-refractivity contribution in [1.29, 1.82) is 0 Å². The number of carbonyl (C=O) groups excluding carboxylic acids is 2. The molecule has 0 bridgehead atoms. The molecule has 0 fully saturated rings. The Morgan fingerprint density at radius 3 is 2.36 bits per heavy atom. The fraction of sp³-hybridized carbons (Fsp3) is 0.385. The first-order valence-electron chi connectivity index (χ1n) is 6.30. The number of carbonyl (C=O) groups is 2. The minimum Gasteiger partial charge on any atom is -0.497 e. The molecule has 0 aromatic heterocycles. The third-order valence-corrected chi connectivity index (χ3v) is 3.39. The van der Waals surface area contributed by atoms with Crippen LogP contribution < -0.4 is 10.1 Å². The first-order valence-corrected chi connectivity index (χ1v) is 7.34. The molecule has 1 rings (SSSR count). The van der Waals surface area contributed by atoms with Crippen molar-refractivity contribution in [1.82, 2.24) is 10.2 Å². The van der Waals surface area contributed by atoms with E-state index in [0.29, 0.717) is 11.3 Å². The summed E-state index contributed by atoms with van der Waals surface area (Å²) in [6.07, 6.45) is 0. The molecule has 1 aromatic rings. The molecule has 0 saturated carbocycles. The minimum absolute atomic E-state index is 0.275. The quantitative estimate of drug-likeness (QED) is 0.854. The first kappa shape index (κ1) is 17.6. The summed E-state index contributed by atoms with van der Waals surface area (Å²) in [5.41, 5.74) is 0.538. The lowest BCUT2D eigenvalue weighted by molar-refractivity contribution is -0.128. The Morgan fingerprint density at radius 1 is 1.32 bits per heavy atom. The van der Waals surface area contributed by atoms with Crippen LogP contribution in [0.2, 0.25) is 0 Å². The van der Waals surface area contributed by atoms with E-state index in [0.717, 1.165) is 4.90 Å². The molecule has 0 saturated heterocycles. The van der Waals surface area contributed by atoms with Crippen LogP contribution >= 0.6 is 0 Å². The molecule has 1 unspecified atom stereocenters. The number of benzene rings is 1. The normalized spacial score (nSPS) is 11.2. The topological polar surface area (TPSA) is 105 Å². The van der Waals surface area contributed by atoms with E-state index in [1.807, 2.05) is 0 Å². The lowest BCUT2D eigenvalue weighted by Crippen LogP contribution is -2.42. The van der Waals surface area contributed by atoms with Gasteiger partial charge in [0.1, 0.15) is 5.75 Å². The van der Waals surface area contributed by atoms with E-state index in [-0.39, 0.29) is 6.54 Å². The van der Waals surface area contributed by atoms with Crippen LogP contribution in [0.25, 0.3) is 0 Å². The maximum Gasteiger partial charge on any atom is 0.323 e. The van der Waals surface area contributed by atoms with Crippen LogP contribution in [0, 0.1) is 0 Å². The van der Waals surface area contributed by atoms with Gasteiger partial charge < -0.3 is 10.1 Å². The summed E-state index contributed by atoms with van der Waals surface area (Å²) in [7, 11) is 1.58. The molecule has 0 aliphatic heterocycles. The van der Waals surface area contributed by atoms with Crippen molar-refractivity contribution in [3.05, 3.63) is 29.8 Å². The molecule has 1 aromatic carbocycles. The average molecular weight is 327 g/mol. The Labute approximate surface area is 129 Å². The number of nitrogens with one attached hydrogen (secondary N) is 1. The first-order chi connectivity index (χ1) is 10.4. The summed E-state index contributed by atoms with van der Waals surface area (Å²) < 4.78 is 29.6. The standard InChI is InChI=1S/C13H17N3O5S/c1-14-13(18)16(2)12(17)11(8-15-22(19)20)9-4-6-10(21-3)7-5-9/h4-7,11H,8H2,1-3H3,(H,14,18). The summed E-state index contributed by atoms with van der Waals surface area (Å²) in [6, 6.07) is 5.95. The van der Waals surface area contributed by atoms with Gasteiger partial charge in [-0.2, -0.15) is 12.8 Å². The van der Waals surface area contributed by atoms with Gasteiger partial charge in [0.15, 0.2) is 0 Å². The van der Waals surface area contributed by atoms with Crippen molar-refractivity contribution in [3.63, 3.8) is 0 Å². The second kappa shape index (κ2) is 8.13. The number of ether oxygens (including phenoxy) is 1. The number of hydrogen-bond acceptors (Lipinski definition) is 6. The van der Waals surface area contributed by atoms with E-state index in [1.165, 1.54) is 21.2 Å². The van der Waals surface area contributed by atoms with Crippen molar-refractivity contribution in [2.75, 3.05) is 27.7 Å². The van der Waals surface area contributed by atoms with E-state index >= 15 is 0 Å². The molecule has 1 atom stereocenters. The third kappa shape index (κ3) is 4.55. The lowest BCUT2D eigenvalue weighted by Gasteiger charge is -2.21. The van der Waals surface area contributed by atoms with Gasteiger partial charge in [0, 0.05) is 14.1 Å². The second-order valence-corrected chi connectivity index (χ2v) is 5.00. The summed E-state index contributed by atoms with van der Waals surface area (Å²) >= 11 is 0. The van der Waals surface area contributed by atoms with Crippen molar-refractivity contribution in [2.24, 2.45) is 4.36 Å². The summed E-state index contributed by atoms with van der Waals surface area (Å²) in [6.45, 7) is -0.275. The van der Waals surface area contributed by atoms with Gasteiger partial charge in [0.05, 0.1) is 19.6 Å². The number of nitrogens with zero attached hydrogens (tertiary/aromatic N) is 2. The zero-order valence-corrected chi connectivity index (χ0v) is 13.3. The molecular formula is C13H17N3O5S. The van der Waals surface area contributed by atoms with E-state index in [1.54, 1.807) is 24.3 Å². The zero-order chi connectivity index (χ0) is 16.7. The van der Waals surface area contributed by atoms with Crippen LogP contribution in [-0.4, -0.2) is 53.0 Å². The SMILES string of the molecule is CNC(=O)N(C)C(=O)C(CN=S(=O)=O)c1ccc(OC)cc1. The maximum atomic E-state index is 12.4. The molecule has 0 heterocycles. The van der Waals surface area contributed by atoms with Crippen LogP contribution in [0.5, 0.6) is 5.75 Å². The fourth-order valence-electron chi connectivity index (χ4n) is 1.80. The van der Waals surface area contributed by atoms with Crippen LogP contribution in [0.15, 0.2) is 28.6 Å². The zero-order valence-electron chi connectivity index (χ0n) is 12.4. The monoisotopic (exact) mass is 327 g/mol. The van der Waals surface area contributed by atoms with Gasteiger partial charge in [0.2, 0.25) is 5.91 Å². The van der Waals surface area contributed by atoms with Gasteiger partial charge in [0.25, 0.3) is 0 Å². The third-order valence-electron chi connectivity index (χ3n) is 3.03. The molecule has 0 radical (unpaired) electrons. The Balaban J connectivity index is 3.13. The number of amides is 3. The Morgan fingerprint density at radius 2 is 1.91 bits per heavy atom. The van der Waals surface area contributed by atoms with Gasteiger partial charge >= 0.3 is 16.5 Å². The van der Waals surface area contributed by atoms with Crippen molar-refractivity contribution in [2.45, 2.75) is 5.92 Å². The Bertz CT molecular complexity index is 661. The number of imide groups is 1. The maximum absolute atomic E-state index is 12.4. The number of methoxy groups -OCH3 is 1. The highest BCUT2D eigenvalue weighted by Gasteiger charge is 2.27.